The second kappa shape index (κ2) is 8.29. The molecule has 0 unspecified atom stereocenters. The quantitative estimate of drug-likeness (QED) is 0.264. The molecule has 0 aromatic rings. The smallest absolute Gasteiger partial charge is 0.545 e. The summed E-state index contributed by atoms with van der Waals surface area (Å²) in [4.78, 5) is 20.5. The van der Waals surface area contributed by atoms with E-state index in [0.29, 0.717) is 6.08 Å². The molecule has 0 saturated carbocycles. The van der Waals surface area contributed by atoms with Gasteiger partial charge < -0.3 is 14.6 Å². The molecule has 0 N–H and O–H groups in total. The van der Waals surface area contributed by atoms with Crippen LogP contribution in [-0.4, -0.2) is 18.5 Å². The normalized spacial score (nSPS) is 9.77. The van der Waals surface area contributed by atoms with Crippen LogP contribution in [0.5, 0.6) is 0 Å². The third kappa shape index (κ3) is 11.7. The zero-order valence-corrected chi connectivity index (χ0v) is 10.1. The molecular formula is C8H11NaO4. The van der Waals surface area contributed by atoms with Gasteiger partial charge in [-0.25, -0.2) is 4.79 Å². The second-order valence-corrected chi connectivity index (χ2v) is 2.68. The number of carboxylic acids is 1. The van der Waals surface area contributed by atoms with Gasteiger partial charge in [-0.1, -0.05) is 13.8 Å². The summed E-state index contributed by atoms with van der Waals surface area (Å²) >= 11 is 0. The van der Waals surface area contributed by atoms with Crippen LogP contribution in [0, 0.1) is 5.92 Å². The van der Waals surface area contributed by atoms with Crippen molar-refractivity contribution in [1.29, 1.82) is 0 Å². The summed E-state index contributed by atoms with van der Waals surface area (Å²) in [5, 5.41) is 9.84. The Balaban J connectivity index is 0. The molecule has 0 fully saturated rings. The monoisotopic (exact) mass is 194 g/mol. The summed E-state index contributed by atoms with van der Waals surface area (Å²) in [6.07, 6.45) is 1.47. The molecule has 4 nitrogen and oxygen atoms in total. The van der Waals surface area contributed by atoms with E-state index in [4.69, 9.17) is 0 Å². The van der Waals surface area contributed by atoms with Crippen molar-refractivity contribution in [2.45, 2.75) is 13.8 Å². The maximum atomic E-state index is 10.7. The number of carbonyl (C=O) groups is 2. The van der Waals surface area contributed by atoms with Crippen LogP contribution in [0.1, 0.15) is 13.8 Å². The van der Waals surface area contributed by atoms with E-state index in [9.17, 15) is 14.7 Å². The van der Waals surface area contributed by atoms with Gasteiger partial charge in [-0.15, -0.1) is 0 Å². The van der Waals surface area contributed by atoms with Gasteiger partial charge in [0, 0.05) is 6.08 Å². The Morgan fingerprint density at radius 1 is 1.38 bits per heavy atom. The summed E-state index contributed by atoms with van der Waals surface area (Å²) in [7, 11) is 0. The fraction of sp³-hybridized carbons (Fsp3) is 0.500. The first-order valence-electron chi connectivity index (χ1n) is 3.58. The van der Waals surface area contributed by atoms with Crippen LogP contribution in [0.4, 0.5) is 0 Å². The van der Waals surface area contributed by atoms with Gasteiger partial charge >= 0.3 is 35.5 Å². The van der Waals surface area contributed by atoms with Crippen molar-refractivity contribution in [3.05, 3.63) is 12.2 Å². The van der Waals surface area contributed by atoms with Gasteiger partial charge in [0.15, 0.2) is 0 Å². The Morgan fingerprint density at radius 3 is 2.31 bits per heavy atom. The zero-order valence-electron chi connectivity index (χ0n) is 8.07. The van der Waals surface area contributed by atoms with Gasteiger partial charge in [0.1, 0.15) is 0 Å². The third-order valence-electron chi connectivity index (χ3n) is 0.914. The fourth-order valence-corrected chi connectivity index (χ4v) is 0.433. The van der Waals surface area contributed by atoms with Crippen LogP contribution in [0.2, 0.25) is 0 Å². The first-order valence-corrected chi connectivity index (χ1v) is 3.58. The minimum atomic E-state index is -1.41. The van der Waals surface area contributed by atoms with Crippen LogP contribution < -0.4 is 34.7 Å². The largest absolute Gasteiger partial charge is 1.00 e. The number of aliphatic carboxylic acids is 1. The SMILES string of the molecule is CC(C)COC(=O)/C=C\C(=O)[O-].[Na+]. The zero-order chi connectivity index (χ0) is 9.56. The molecule has 0 amide bonds. The summed E-state index contributed by atoms with van der Waals surface area (Å²) in [5.41, 5.74) is 0. The van der Waals surface area contributed by atoms with Gasteiger partial charge in [-0.05, 0) is 12.0 Å². The van der Waals surface area contributed by atoms with E-state index in [1.165, 1.54) is 0 Å². The summed E-state index contributed by atoms with van der Waals surface area (Å²) < 4.78 is 4.64. The molecular weight excluding hydrogens is 183 g/mol. The molecule has 0 aliphatic carbocycles. The average molecular weight is 194 g/mol. The number of ether oxygens (including phenoxy) is 1. The van der Waals surface area contributed by atoms with Crippen molar-refractivity contribution >= 4 is 11.9 Å². The Kier molecular flexibility index (Phi) is 9.67. The molecule has 0 aromatic heterocycles. The number of hydrogen-bond donors (Lipinski definition) is 0. The molecule has 0 radical (unpaired) electrons. The van der Waals surface area contributed by atoms with Gasteiger partial charge in [-0.2, -0.15) is 0 Å². The van der Waals surface area contributed by atoms with E-state index >= 15 is 0 Å². The number of carboxylic acid groups (broad SMARTS) is 1. The molecule has 0 rings (SSSR count). The minimum Gasteiger partial charge on any atom is -0.545 e. The van der Waals surface area contributed by atoms with Crippen LogP contribution >= 0.6 is 0 Å². The maximum absolute atomic E-state index is 10.7. The summed E-state index contributed by atoms with van der Waals surface area (Å²) in [5.74, 6) is -1.82. The second-order valence-electron chi connectivity index (χ2n) is 2.68. The van der Waals surface area contributed by atoms with Crippen LogP contribution in [0.25, 0.3) is 0 Å². The molecule has 0 spiro atoms. The van der Waals surface area contributed by atoms with Crippen molar-refractivity contribution in [3.63, 3.8) is 0 Å². The van der Waals surface area contributed by atoms with Crippen LogP contribution in [-0.2, 0) is 14.3 Å². The standard InChI is InChI=1S/C8H12O4.Na/c1-6(2)5-12-8(11)4-3-7(9)10;/h3-4,6H,5H2,1-2H3,(H,9,10);/q;+1/p-1/b4-3-;. The molecule has 68 valence electrons. The molecule has 13 heavy (non-hydrogen) atoms. The van der Waals surface area contributed by atoms with Crippen molar-refractivity contribution in [2.75, 3.05) is 6.61 Å². The first-order chi connectivity index (χ1) is 5.52. The molecule has 0 atom stereocenters. The van der Waals surface area contributed by atoms with E-state index in [-0.39, 0.29) is 42.1 Å². The topological polar surface area (TPSA) is 66.4 Å². The summed E-state index contributed by atoms with van der Waals surface area (Å²) in [6, 6.07) is 0. The number of esters is 1. The van der Waals surface area contributed by atoms with E-state index < -0.39 is 11.9 Å². The van der Waals surface area contributed by atoms with Crippen LogP contribution in [0.15, 0.2) is 12.2 Å². The number of rotatable bonds is 4. The predicted molar refractivity (Wildman–Crippen MR) is 39.9 cm³/mol. The van der Waals surface area contributed by atoms with Gasteiger partial charge in [0.2, 0.25) is 0 Å². The summed E-state index contributed by atoms with van der Waals surface area (Å²) in [6.45, 7) is 4.06. The molecule has 0 aliphatic rings. The van der Waals surface area contributed by atoms with Crippen molar-refractivity contribution < 1.29 is 49.0 Å². The fourth-order valence-electron chi connectivity index (χ4n) is 0.433. The van der Waals surface area contributed by atoms with Gasteiger partial charge in [0.05, 0.1) is 12.6 Å². The molecule has 0 heterocycles. The van der Waals surface area contributed by atoms with E-state index in [1.807, 2.05) is 13.8 Å². The van der Waals surface area contributed by atoms with E-state index in [1.54, 1.807) is 0 Å². The first kappa shape index (κ1) is 15.2. The van der Waals surface area contributed by atoms with Crippen molar-refractivity contribution in [3.8, 4) is 0 Å². The molecule has 0 saturated heterocycles. The molecule has 5 heteroatoms. The number of carbonyl (C=O) groups excluding carboxylic acids is 2. The molecule has 0 aromatic carbocycles. The van der Waals surface area contributed by atoms with Crippen molar-refractivity contribution in [2.24, 2.45) is 5.92 Å². The van der Waals surface area contributed by atoms with Crippen molar-refractivity contribution in [1.82, 2.24) is 0 Å². The van der Waals surface area contributed by atoms with Gasteiger partial charge in [0.25, 0.3) is 0 Å². The maximum Gasteiger partial charge on any atom is 1.00 e. The van der Waals surface area contributed by atoms with E-state index in [2.05, 4.69) is 4.74 Å². The Bertz CT molecular complexity index is 198. The molecule has 0 aliphatic heterocycles. The van der Waals surface area contributed by atoms with E-state index in [0.717, 1.165) is 6.08 Å². The van der Waals surface area contributed by atoms with Crippen LogP contribution in [0.3, 0.4) is 0 Å². The Hall–Kier alpha value is -0.320. The minimum absolute atomic E-state index is 0. The Labute approximate surface area is 99.2 Å². The number of hydrogen-bond acceptors (Lipinski definition) is 4. The average Bonchev–Trinajstić information content (AvgIpc) is 1.96. The molecule has 0 bridgehead atoms. The van der Waals surface area contributed by atoms with Gasteiger partial charge in [-0.3, -0.25) is 0 Å². The third-order valence-corrected chi connectivity index (χ3v) is 0.914. The Morgan fingerprint density at radius 2 is 1.92 bits per heavy atom. The predicted octanol–water partition coefficient (Wildman–Crippen LogP) is -3.50.